The highest BCUT2D eigenvalue weighted by Gasteiger charge is 2.26. The Bertz CT molecular complexity index is 492. The van der Waals surface area contributed by atoms with Gasteiger partial charge in [-0.25, -0.2) is 4.98 Å². The van der Waals surface area contributed by atoms with Crippen molar-refractivity contribution in [3.8, 4) is 0 Å². The fraction of sp³-hybridized carbons (Fsp3) is 0.692. The van der Waals surface area contributed by atoms with Crippen LogP contribution in [0.3, 0.4) is 0 Å². The van der Waals surface area contributed by atoms with Crippen LogP contribution in [0.5, 0.6) is 0 Å². The fourth-order valence-electron chi connectivity index (χ4n) is 2.74. The Morgan fingerprint density at radius 3 is 2.85 bits per heavy atom. The van der Waals surface area contributed by atoms with E-state index in [1.54, 1.807) is 0 Å². The van der Waals surface area contributed by atoms with Crippen LogP contribution in [0.15, 0.2) is 6.20 Å². The van der Waals surface area contributed by atoms with Crippen LogP contribution in [-0.4, -0.2) is 28.0 Å². The summed E-state index contributed by atoms with van der Waals surface area (Å²) in [5.41, 5.74) is 5.51. The van der Waals surface area contributed by atoms with Gasteiger partial charge in [-0.3, -0.25) is 10.1 Å². The SMILES string of the molecule is CC(C)C1CCCN(c2nc(N)ncc2[N+](=O)[O-])CC1. The molecule has 2 N–H and O–H groups in total. The number of hydrogen-bond donors (Lipinski definition) is 1. The van der Waals surface area contributed by atoms with Crippen molar-refractivity contribution in [3.63, 3.8) is 0 Å². The van der Waals surface area contributed by atoms with Gasteiger partial charge in [-0.15, -0.1) is 0 Å². The maximum Gasteiger partial charge on any atom is 0.329 e. The van der Waals surface area contributed by atoms with E-state index in [-0.39, 0.29) is 11.6 Å². The van der Waals surface area contributed by atoms with Crippen molar-refractivity contribution in [3.05, 3.63) is 16.3 Å². The minimum atomic E-state index is -0.445. The zero-order valence-corrected chi connectivity index (χ0v) is 12.0. The van der Waals surface area contributed by atoms with Gasteiger partial charge in [0.2, 0.25) is 11.8 Å². The monoisotopic (exact) mass is 279 g/mol. The van der Waals surface area contributed by atoms with Crippen molar-refractivity contribution < 1.29 is 4.92 Å². The Hall–Kier alpha value is -1.92. The summed E-state index contributed by atoms with van der Waals surface area (Å²) >= 11 is 0. The summed E-state index contributed by atoms with van der Waals surface area (Å²) in [6, 6.07) is 0. The number of nitrogen functional groups attached to an aromatic ring is 1. The molecule has 0 spiro atoms. The molecule has 20 heavy (non-hydrogen) atoms. The smallest absolute Gasteiger partial charge is 0.329 e. The third kappa shape index (κ3) is 3.15. The highest BCUT2D eigenvalue weighted by molar-refractivity contribution is 5.58. The molecule has 2 rings (SSSR count). The molecule has 1 aromatic rings. The third-order valence-corrected chi connectivity index (χ3v) is 3.98. The van der Waals surface area contributed by atoms with Crippen LogP contribution in [0.2, 0.25) is 0 Å². The second-order valence-electron chi connectivity index (χ2n) is 5.62. The van der Waals surface area contributed by atoms with Crippen LogP contribution in [0.25, 0.3) is 0 Å². The minimum Gasteiger partial charge on any atom is -0.368 e. The Kier molecular flexibility index (Phi) is 4.36. The average molecular weight is 279 g/mol. The van der Waals surface area contributed by atoms with Crippen LogP contribution >= 0.6 is 0 Å². The first-order valence-electron chi connectivity index (χ1n) is 7.01. The summed E-state index contributed by atoms with van der Waals surface area (Å²) in [4.78, 5) is 20.4. The minimum absolute atomic E-state index is 0.0674. The summed E-state index contributed by atoms with van der Waals surface area (Å²) in [7, 11) is 0. The Balaban J connectivity index is 2.23. The van der Waals surface area contributed by atoms with Gasteiger partial charge >= 0.3 is 5.69 Å². The van der Waals surface area contributed by atoms with E-state index in [9.17, 15) is 10.1 Å². The first kappa shape index (κ1) is 14.5. The van der Waals surface area contributed by atoms with Gasteiger partial charge in [0, 0.05) is 13.1 Å². The summed E-state index contributed by atoms with van der Waals surface area (Å²) in [6.07, 6.45) is 4.40. The van der Waals surface area contributed by atoms with E-state index >= 15 is 0 Å². The lowest BCUT2D eigenvalue weighted by Gasteiger charge is -2.22. The average Bonchev–Trinajstić information content (AvgIpc) is 2.63. The molecule has 1 fully saturated rings. The lowest BCUT2D eigenvalue weighted by atomic mass is 9.89. The first-order valence-corrected chi connectivity index (χ1v) is 7.01. The third-order valence-electron chi connectivity index (χ3n) is 3.98. The number of aromatic nitrogens is 2. The van der Waals surface area contributed by atoms with Gasteiger partial charge in [0.15, 0.2) is 0 Å². The van der Waals surface area contributed by atoms with Crippen molar-refractivity contribution in [2.45, 2.75) is 33.1 Å². The summed E-state index contributed by atoms with van der Waals surface area (Å²) in [6.45, 7) is 6.01. The molecule has 110 valence electrons. The van der Waals surface area contributed by atoms with E-state index in [1.165, 1.54) is 6.20 Å². The molecule has 0 amide bonds. The van der Waals surface area contributed by atoms with Crippen LogP contribution in [0.4, 0.5) is 17.5 Å². The number of nitro groups is 1. The molecule has 2 heterocycles. The highest BCUT2D eigenvalue weighted by Crippen LogP contribution is 2.30. The van der Waals surface area contributed by atoms with Crippen molar-refractivity contribution in [2.24, 2.45) is 11.8 Å². The molecular weight excluding hydrogens is 258 g/mol. The van der Waals surface area contributed by atoms with Gasteiger partial charge in [0.25, 0.3) is 0 Å². The van der Waals surface area contributed by atoms with Gasteiger partial charge in [0.1, 0.15) is 6.20 Å². The van der Waals surface area contributed by atoms with Crippen LogP contribution in [-0.2, 0) is 0 Å². The Labute approximate surface area is 118 Å². The summed E-state index contributed by atoms with van der Waals surface area (Å²) < 4.78 is 0. The van der Waals surface area contributed by atoms with Crippen molar-refractivity contribution in [2.75, 3.05) is 23.7 Å². The quantitative estimate of drug-likeness (QED) is 0.673. The van der Waals surface area contributed by atoms with Gasteiger partial charge in [-0.1, -0.05) is 13.8 Å². The molecule has 7 heteroatoms. The standard InChI is InChI=1S/C13H21N5O2/c1-9(2)10-4-3-6-17(7-5-10)12-11(18(19)20)8-15-13(14)16-12/h8-10H,3-7H2,1-2H3,(H2,14,15,16). The van der Waals surface area contributed by atoms with E-state index in [0.717, 1.165) is 32.4 Å². The van der Waals surface area contributed by atoms with Crippen LogP contribution in [0, 0.1) is 22.0 Å². The van der Waals surface area contributed by atoms with Gasteiger partial charge in [0.05, 0.1) is 4.92 Å². The van der Waals surface area contributed by atoms with E-state index in [2.05, 4.69) is 23.8 Å². The largest absolute Gasteiger partial charge is 0.368 e. The molecule has 1 aromatic heterocycles. The highest BCUT2D eigenvalue weighted by atomic mass is 16.6. The molecule has 1 aliphatic heterocycles. The number of hydrogen-bond acceptors (Lipinski definition) is 6. The lowest BCUT2D eigenvalue weighted by molar-refractivity contribution is -0.384. The number of anilines is 2. The molecular formula is C13H21N5O2. The van der Waals surface area contributed by atoms with E-state index in [0.29, 0.717) is 17.7 Å². The molecule has 1 unspecified atom stereocenters. The van der Waals surface area contributed by atoms with E-state index in [4.69, 9.17) is 5.73 Å². The van der Waals surface area contributed by atoms with Crippen molar-refractivity contribution >= 4 is 17.5 Å². The number of rotatable bonds is 3. The van der Waals surface area contributed by atoms with Crippen LogP contribution in [0.1, 0.15) is 33.1 Å². The Morgan fingerprint density at radius 1 is 1.45 bits per heavy atom. The van der Waals surface area contributed by atoms with Gasteiger partial charge in [-0.2, -0.15) is 4.98 Å². The van der Waals surface area contributed by atoms with Crippen molar-refractivity contribution in [1.29, 1.82) is 0 Å². The molecule has 1 atom stereocenters. The topological polar surface area (TPSA) is 98.2 Å². The maximum absolute atomic E-state index is 11.1. The molecule has 0 saturated carbocycles. The van der Waals surface area contributed by atoms with Gasteiger partial charge < -0.3 is 10.6 Å². The first-order chi connectivity index (χ1) is 9.49. The Morgan fingerprint density at radius 2 is 2.20 bits per heavy atom. The fourth-order valence-corrected chi connectivity index (χ4v) is 2.74. The molecule has 0 aromatic carbocycles. The molecule has 0 radical (unpaired) electrons. The maximum atomic E-state index is 11.1. The van der Waals surface area contributed by atoms with E-state index < -0.39 is 4.92 Å². The molecule has 1 saturated heterocycles. The molecule has 0 bridgehead atoms. The van der Waals surface area contributed by atoms with Crippen LogP contribution < -0.4 is 10.6 Å². The normalized spacial score (nSPS) is 19.9. The van der Waals surface area contributed by atoms with Crippen molar-refractivity contribution in [1.82, 2.24) is 9.97 Å². The summed E-state index contributed by atoms with van der Waals surface area (Å²) in [5.74, 6) is 1.74. The second-order valence-corrected chi connectivity index (χ2v) is 5.62. The summed E-state index contributed by atoms with van der Waals surface area (Å²) in [5, 5.41) is 11.1. The van der Waals surface area contributed by atoms with E-state index in [1.807, 2.05) is 4.90 Å². The van der Waals surface area contributed by atoms with Gasteiger partial charge in [-0.05, 0) is 31.1 Å². The molecule has 7 nitrogen and oxygen atoms in total. The number of nitrogens with zero attached hydrogens (tertiary/aromatic N) is 4. The molecule has 0 aliphatic carbocycles. The zero-order chi connectivity index (χ0) is 14.7. The zero-order valence-electron chi connectivity index (χ0n) is 12.0. The molecule has 1 aliphatic rings. The predicted octanol–water partition coefficient (Wildman–Crippen LogP) is 2.23. The predicted molar refractivity (Wildman–Crippen MR) is 77.5 cm³/mol. The number of nitrogens with two attached hydrogens (primary N) is 1. The lowest BCUT2D eigenvalue weighted by Crippen LogP contribution is -2.27. The second kappa shape index (κ2) is 6.02.